The zero-order valence-corrected chi connectivity index (χ0v) is 12.6. The number of carbonyl (C=O) groups is 1. The summed E-state index contributed by atoms with van der Waals surface area (Å²) in [6.07, 6.45) is 4.58. The van der Waals surface area contributed by atoms with Crippen molar-refractivity contribution in [2.45, 2.75) is 44.7 Å². The van der Waals surface area contributed by atoms with Gasteiger partial charge in [-0.1, -0.05) is 6.92 Å². The van der Waals surface area contributed by atoms with Gasteiger partial charge in [0.2, 0.25) is 0 Å². The summed E-state index contributed by atoms with van der Waals surface area (Å²) in [5.41, 5.74) is 0.601. The van der Waals surface area contributed by atoms with Crippen molar-refractivity contribution in [3.8, 4) is 0 Å². The standard InChI is InChI=1S/C17H23FN2O/c1-2-19-11-3-5-15(19)16-6-4-12-20(16)17(21)13-7-9-14(18)10-8-13/h7-10,15-16H,2-6,11-12H2,1H3/t15-,16+/m0/s1. The van der Waals surface area contributed by atoms with Gasteiger partial charge in [0.15, 0.2) is 0 Å². The molecule has 0 unspecified atom stereocenters. The fourth-order valence-corrected chi connectivity index (χ4v) is 3.88. The van der Waals surface area contributed by atoms with Crippen molar-refractivity contribution < 1.29 is 9.18 Å². The lowest BCUT2D eigenvalue weighted by molar-refractivity contribution is 0.0650. The molecule has 2 heterocycles. The molecule has 0 spiro atoms. The van der Waals surface area contributed by atoms with Gasteiger partial charge in [0.05, 0.1) is 0 Å². The molecule has 114 valence electrons. The molecule has 4 heteroatoms. The second-order valence-corrected chi connectivity index (χ2v) is 6.05. The van der Waals surface area contributed by atoms with Crippen molar-refractivity contribution in [3.63, 3.8) is 0 Å². The van der Waals surface area contributed by atoms with Crippen LogP contribution in [0.5, 0.6) is 0 Å². The van der Waals surface area contributed by atoms with E-state index in [2.05, 4.69) is 11.8 Å². The van der Waals surface area contributed by atoms with Gasteiger partial charge in [-0.2, -0.15) is 0 Å². The first-order chi connectivity index (χ1) is 10.2. The van der Waals surface area contributed by atoms with Crippen LogP contribution in [0.4, 0.5) is 4.39 Å². The van der Waals surface area contributed by atoms with Crippen molar-refractivity contribution in [2.24, 2.45) is 0 Å². The Morgan fingerprint density at radius 1 is 1.14 bits per heavy atom. The van der Waals surface area contributed by atoms with E-state index < -0.39 is 0 Å². The summed E-state index contributed by atoms with van der Waals surface area (Å²) in [7, 11) is 0. The third kappa shape index (κ3) is 2.82. The highest BCUT2D eigenvalue weighted by Crippen LogP contribution is 2.30. The number of hydrogen-bond acceptors (Lipinski definition) is 2. The number of carbonyl (C=O) groups excluding carboxylic acids is 1. The van der Waals surface area contributed by atoms with Crippen LogP contribution in [0.1, 0.15) is 43.0 Å². The number of hydrogen-bond donors (Lipinski definition) is 0. The van der Waals surface area contributed by atoms with Crippen LogP contribution >= 0.6 is 0 Å². The third-order valence-corrected chi connectivity index (χ3v) is 4.92. The van der Waals surface area contributed by atoms with Crippen molar-refractivity contribution in [1.82, 2.24) is 9.80 Å². The van der Waals surface area contributed by atoms with Gasteiger partial charge in [-0.3, -0.25) is 9.69 Å². The Morgan fingerprint density at radius 3 is 2.52 bits per heavy atom. The molecule has 21 heavy (non-hydrogen) atoms. The SMILES string of the molecule is CCN1CCC[C@H]1[C@H]1CCCN1C(=O)c1ccc(F)cc1. The van der Waals surface area contributed by atoms with Crippen LogP contribution < -0.4 is 0 Å². The fraction of sp³-hybridized carbons (Fsp3) is 0.588. The normalized spacial score (nSPS) is 26.5. The molecule has 0 bridgehead atoms. The minimum absolute atomic E-state index is 0.0560. The molecule has 0 aromatic heterocycles. The van der Waals surface area contributed by atoms with Crippen LogP contribution in [0.15, 0.2) is 24.3 Å². The molecule has 2 aliphatic rings. The van der Waals surface area contributed by atoms with Crippen molar-refractivity contribution in [2.75, 3.05) is 19.6 Å². The molecule has 2 saturated heterocycles. The second-order valence-electron chi connectivity index (χ2n) is 6.05. The minimum atomic E-state index is -0.294. The van der Waals surface area contributed by atoms with Crippen molar-refractivity contribution in [3.05, 3.63) is 35.6 Å². The lowest BCUT2D eigenvalue weighted by atomic mass is 10.0. The topological polar surface area (TPSA) is 23.6 Å². The first kappa shape index (κ1) is 14.5. The molecular formula is C17H23FN2O. The number of benzene rings is 1. The van der Waals surface area contributed by atoms with Gasteiger partial charge in [0.25, 0.3) is 5.91 Å². The maximum Gasteiger partial charge on any atom is 0.254 e. The van der Waals surface area contributed by atoms with Crippen LogP contribution in [0.2, 0.25) is 0 Å². The average Bonchev–Trinajstić information content (AvgIpc) is 3.15. The Morgan fingerprint density at radius 2 is 1.81 bits per heavy atom. The van der Waals surface area contributed by atoms with E-state index in [9.17, 15) is 9.18 Å². The van der Waals surface area contributed by atoms with Crippen LogP contribution in [0, 0.1) is 5.82 Å². The van der Waals surface area contributed by atoms with Crippen LogP contribution in [-0.4, -0.2) is 47.4 Å². The molecule has 1 aromatic rings. The third-order valence-electron chi connectivity index (χ3n) is 4.92. The Bertz CT molecular complexity index is 502. The summed E-state index contributed by atoms with van der Waals surface area (Å²) in [5.74, 6) is -0.238. The summed E-state index contributed by atoms with van der Waals surface area (Å²) in [4.78, 5) is 17.2. The number of likely N-dealkylation sites (N-methyl/N-ethyl adjacent to an activating group) is 1. The quantitative estimate of drug-likeness (QED) is 0.854. The molecule has 2 aliphatic heterocycles. The molecule has 0 radical (unpaired) electrons. The largest absolute Gasteiger partial charge is 0.334 e. The van der Waals surface area contributed by atoms with E-state index >= 15 is 0 Å². The highest BCUT2D eigenvalue weighted by Gasteiger charge is 2.39. The summed E-state index contributed by atoms with van der Waals surface area (Å²) in [6, 6.07) is 6.75. The number of rotatable bonds is 3. The molecule has 0 saturated carbocycles. The maximum atomic E-state index is 13.0. The molecular weight excluding hydrogens is 267 g/mol. The Balaban J connectivity index is 1.77. The molecule has 3 rings (SSSR count). The number of halogens is 1. The molecule has 0 N–H and O–H groups in total. The fourth-order valence-electron chi connectivity index (χ4n) is 3.88. The molecule has 2 atom stereocenters. The molecule has 3 nitrogen and oxygen atoms in total. The van der Waals surface area contributed by atoms with Gasteiger partial charge in [-0.25, -0.2) is 4.39 Å². The monoisotopic (exact) mass is 290 g/mol. The van der Waals surface area contributed by atoms with Gasteiger partial charge in [-0.05, 0) is 63.0 Å². The predicted octanol–water partition coefficient (Wildman–Crippen LogP) is 2.91. The van der Waals surface area contributed by atoms with Crippen LogP contribution in [0.25, 0.3) is 0 Å². The van der Waals surface area contributed by atoms with Crippen molar-refractivity contribution >= 4 is 5.91 Å². The predicted molar refractivity (Wildman–Crippen MR) is 80.7 cm³/mol. The van der Waals surface area contributed by atoms with E-state index in [0.29, 0.717) is 17.6 Å². The van der Waals surface area contributed by atoms with E-state index in [0.717, 1.165) is 32.5 Å². The number of likely N-dealkylation sites (tertiary alicyclic amines) is 2. The van der Waals surface area contributed by atoms with E-state index in [1.165, 1.54) is 25.0 Å². The van der Waals surface area contributed by atoms with Crippen LogP contribution in [0.3, 0.4) is 0 Å². The molecule has 1 amide bonds. The van der Waals surface area contributed by atoms with Gasteiger partial charge >= 0.3 is 0 Å². The van der Waals surface area contributed by atoms with Crippen LogP contribution in [-0.2, 0) is 0 Å². The minimum Gasteiger partial charge on any atom is -0.334 e. The first-order valence-electron chi connectivity index (χ1n) is 8.01. The highest BCUT2D eigenvalue weighted by atomic mass is 19.1. The van der Waals surface area contributed by atoms with Crippen molar-refractivity contribution in [1.29, 1.82) is 0 Å². The van der Waals surface area contributed by atoms with E-state index in [1.807, 2.05) is 4.90 Å². The second kappa shape index (κ2) is 6.14. The molecule has 1 aromatic carbocycles. The Kier molecular flexibility index (Phi) is 4.24. The Hall–Kier alpha value is -1.42. The lowest BCUT2D eigenvalue weighted by Gasteiger charge is -2.34. The van der Waals surface area contributed by atoms with E-state index in [4.69, 9.17) is 0 Å². The summed E-state index contributed by atoms with van der Waals surface area (Å²) < 4.78 is 13.0. The first-order valence-corrected chi connectivity index (χ1v) is 8.01. The smallest absolute Gasteiger partial charge is 0.254 e. The average molecular weight is 290 g/mol. The highest BCUT2D eigenvalue weighted by molar-refractivity contribution is 5.94. The van der Waals surface area contributed by atoms with E-state index in [1.54, 1.807) is 12.1 Å². The zero-order chi connectivity index (χ0) is 14.8. The zero-order valence-electron chi connectivity index (χ0n) is 12.6. The van der Waals surface area contributed by atoms with Gasteiger partial charge in [0.1, 0.15) is 5.82 Å². The molecule has 2 fully saturated rings. The van der Waals surface area contributed by atoms with Gasteiger partial charge < -0.3 is 4.90 Å². The Labute approximate surface area is 125 Å². The molecule has 0 aliphatic carbocycles. The van der Waals surface area contributed by atoms with Gasteiger partial charge in [0, 0.05) is 24.2 Å². The van der Waals surface area contributed by atoms with E-state index in [-0.39, 0.29) is 11.7 Å². The van der Waals surface area contributed by atoms with Gasteiger partial charge in [-0.15, -0.1) is 0 Å². The maximum absolute atomic E-state index is 13.0. The number of nitrogens with zero attached hydrogens (tertiary/aromatic N) is 2. The summed E-state index contributed by atoms with van der Waals surface area (Å²) in [6.45, 7) is 5.23. The summed E-state index contributed by atoms with van der Waals surface area (Å²) >= 11 is 0. The lowest BCUT2D eigenvalue weighted by Crippen LogP contribution is -2.48. The number of amides is 1. The summed E-state index contributed by atoms with van der Waals surface area (Å²) in [5, 5.41) is 0.